The second-order valence-electron chi connectivity index (χ2n) is 4.67. The van der Waals surface area contributed by atoms with E-state index in [9.17, 15) is 0 Å². The standard InChI is InChI=1S/C16H17NS/c1-13-6-5-7-14(12-13)16-17(10-11-18-16)15-8-3-2-4-9-15/h2-9,12,16H,10-11H2,1H3/t16-/m1/s1. The molecule has 2 aromatic carbocycles. The highest BCUT2D eigenvalue weighted by Crippen LogP contribution is 2.40. The van der Waals surface area contributed by atoms with Crippen LogP contribution in [0.3, 0.4) is 0 Å². The lowest BCUT2D eigenvalue weighted by Crippen LogP contribution is -2.22. The molecule has 1 fully saturated rings. The number of benzene rings is 2. The number of hydrogen-bond donors (Lipinski definition) is 0. The quantitative estimate of drug-likeness (QED) is 0.789. The Morgan fingerprint density at radius 1 is 1.06 bits per heavy atom. The summed E-state index contributed by atoms with van der Waals surface area (Å²) in [5.41, 5.74) is 4.09. The first-order valence-corrected chi connectivity index (χ1v) is 7.39. The monoisotopic (exact) mass is 255 g/mol. The van der Waals surface area contributed by atoms with Crippen LogP contribution >= 0.6 is 11.8 Å². The van der Waals surface area contributed by atoms with Gasteiger partial charge in [0.2, 0.25) is 0 Å². The van der Waals surface area contributed by atoms with E-state index in [1.807, 2.05) is 11.8 Å². The molecule has 0 radical (unpaired) electrons. The molecule has 0 bridgehead atoms. The molecular formula is C16H17NS. The summed E-state index contributed by atoms with van der Waals surface area (Å²) in [6, 6.07) is 19.6. The van der Waals surface area contributed by atoms with Crippen molar-refractivity contribution in [3.8, 4) is 0 Å². The minimum atomic E-state index is 0.465. The number of para-hydroxylation sites is 1. The molecule has 3 rings (SSSR count). The normalized spacial score (nSPS) is 19.2. The fourth-order valence-electron chi connectivity index (χ4n) is 2.45. The van der Waals surface area contributed by atoms with Gasteiger partial charge in [-0.3, -0.25) is 0 Å². The van der Waals surface area contributed by atoms with Gasteiger partial charge in [0.25, 0.3) is 0 Å². The number of thioether (sulfide) groups is 1. The molecule has 0 N–H and O–H groups in total. The molecule has 1 nitrogen and oxygen atoms in total. The largest absolute Gasteiger partial charge is 0.355 e. The Balaban J connectivity index is 1.92. The Kier molecular flexibility index (Phi) is 3.28. The van der Waals surface area contributed by atoms with Crippen molar-refractivity contribution in [1.82, 2.24) is 0 Å². The maximum absolute atomic E-state index is 2.50. The molecule has 1 aliphatic rings. The highest BCUT2D eigenvalue weighted by atomic mass is 32.2. The number of aryl methyl sites for hydroxylation is 1. The van der Waals surface area contributed by atoms with Gasteiger partial charge >= 0.3 is 0 Å². The van der Waals surface area contributed by atoms with Gasteiger partial charge in [0.15, 0.2) is 0 Å². The van der Waals surface area contributed by atoms with E-state index in [1.165, 1.54) is 22.6 Å². The van der Waals surface area contributed by atoms with Crippen LogP contribution in [-0.4, -0.2) is 12.3 Å². The molecular weight excluding hydrogens is 238 g/mol. The minimum absolute atomic E-state index is 0.465. The van der Waals surface area contributed by atoms with Crippen molar-refractivity contribution >= 4 is 17.4 Å². The fraction of sp³-hybridized carbons (Fsp3) is 0.250. The highest BCUT2D eigenvalue weighted by molar-refractivity contribution is 7.99. The Bertz CT molecular complexity index is 524. The number of anilines is 1. The lowest BCUT2D eigenvalue weighted by atomic mass is 10.1. The first-order chi connectivity index (χ1) is 8.84. The predicted octanol–water partition coefficient (Wildman–Crippen LogP) is 4.25. The molecule has 0 amide bonds. The molecule has 0 aromatic heterocycles. The molecule has 0 unspecified atom stereocenters. The Morgan fingerprint density at radius 3 is 2.67 bits per heavy atom. The first kappa shape index (κ1) is 11.7. The topological polar surface area (TPSA) is 3.24 Å². The third-order valence-corrected chi connectivity index (χ3v) is 4.57. The molecule has 0 aliphatic carbocycles. The van der Waals surface area contributed by atoms with Crippen LogP contribution in [0, 0.1) is 6.92 Å². The van der Waals surface area contributed by atoms with Gasteiger partial charge in [0.05, 0.1) is 0 Å². The number of rotatable bonds is 2. The third kappa shape index (κ3) is 2.25. The van der Waals surface area contributed by atoms with Crippen molar-refractivity contribution in [2.24, 2.45) is 0 Å². The van der Waals surface area contributed by atoms with E-state index in [0.29, 0.717) is 5.37 Å². The zero-order valence-electron chi connectivity index (χ0n) is 10.5. The van der Waals surface area contributed by atoms with Crippen LogP contribution in [0.2, 0.25) is 0 Å². The van der Waals surface area contributed by atoms with Crippen LogP contribution in [0.4, 0.5) is 5.69 Å². The zero-order chi connectivity index (χ0) is 12.4. The molecule has 18 heavy (non-hydrogen) atoms. The van der Waals surface area contributed by atoms with Gasteiger partial charge in [0, 0.05) is 18.0 Å². The van der Waals surface area contributed by atoms with Crippen molar-refractivity contribution < 1.29 is 0 Å². The second-order valence-corrected chi connectivity index (χ2v) is 5.85. The SMILES string of the molecule is Cc1cccc([C@H]2SCCN2c2ccccc2)c1. The Hall–Kier alpha value is -1.41. The molecule has 92 valence electrons. The molecule has 1 heterocycles. The summed E-state index contributed by atoms with van der Waals surface area (Å²) in [4.78, 5) is 2.50. The average Bonchev–Trinajstić information content (AvgIpc) is 2.89. The lowest BCUT2D eigenvalue weighted by molar-refractivity contribution is 0.857. The maximum Gasteiger partial charge on any atom is 0.101 e. The van der Waals surface area contributed by atoms with E-state index in [1.54, 1.807) is 0 Å². The molecule has 2 aromatic rings. The van der Waals surface area contributed by atoms with Gasteiger partial charge in [-0.1, -0.05) is 48.0 Å². The highest BCUT2D eigenvalue weighted by Gasteiger charge is 2.26. The van der Waals surface area contributed by atoms with Crippen LogP contribution in [-0.2, 0) is 0 Å². The van der Waals surface area contributed by atoms with Crippen LogP contribution in [0.15, 0.2) is 54.6 Å². The van der Waals surface area contributed by atoms with Crippen LogP contribution in [0.1, 0.15) is 16.5 Å². The fourth-order valence-corrected chi connectivity index (χ4v) is 3.73. The van der Waals surface area contributed by atoms with Crippen LogP contribution in [0.5, 0.6) is 0 Å². The summed E-state index contributed by atoms with van der Waals surface area (Å²) in [5, 5.41) is 0.465. The van der Waals surface area contributed by atoms with Crippen molar-refractivity contribution in [3.05, 3.63) is 65.7 Å². The minimum Gasteiger partial charge on any atom is -0.355 e. The zero-order valence-corrected chi connectivity index (χ0v) is 11.4. The van der Waals surface area contributed by atoms with Crippen molar-refractivity contribution in [2.45, 2.75) is 12.3 Å². The second kappa shape index (κ2) is 5.07. The molecule has 2 heteroatoms. The van der Waals surface area contributed by atoms with E-state index in [-0.39, 0.29) is 0 Å². The lowest BCUT2D eigenvalue weighted by Gasteiger charge is -2.26. The van der Waals surface area contributed by atoms with Gasteiger partial charge < -0.3 is 4.90 Å². The molecule has 1 aliphatic heterocycles. The van der Waals surface area contributed by atoms with Crippen molar-refractivity contribution in [3.63, 3.8) is 0 Å². The Morgan fingerprint density at radius 2 is 1.89 bits per heavy atom. The van der Waals surface area contributed by atoms with Crippen LogP contribution in [0.25, 0.3) is 0 Å². The van der Waals surface area contributed by atoms with E-state index < -0.39 is 0 Å². The van der Waals surface area contributed by atoms with Crippen LogP contribution < -0.4 is 4.90 Å². The van der Waals surface area contributed by atoms with Gasteiger partial charge in [-0.15, -0.1) is 11.8 Å². The summed E-state index contributed by atoms with van der Waals surface area (Å²) < 4.78 is 0. The molecule has 0 saturated carbocycles. The summed E-state index contributed by atoms with van der Waals surface area (Å²) in [7, 11) is 0. The van der Waals surface area contributed by atoms with Gasteiger partial charge in [-0.25, -0.2) is 0 Å². The van der Waals surface area contributed by atoms with Crippen molar-refractivity contribution in [2.75, 3.05) is 17.2 Å². The van der Waals surface area contributed by atoms with Gasteiger partial charge in [0.1, 0.15) is 5.37 Å². The third-order valence-electron chi connectivity index (χ3n) is 3.31. The number of hydrogen-bond acceptors (Lipinski definition) is 2. The van der Waals surface area contributed by atoms with Gasteiger partial charge in [-0.2, -0.15) is 0 Å². The predicted molar refractivity (Wildman–Crippen MR) is 80.2 cm³/mol. The molecule has 1 saturated heterocycles. The summed E-state index contributed by atoms with van der Waals surface area (Å²) in [5.74, 6) is 1.20. The van der Waals surface area contributed by atoms with Gasteiger partial charge in [-0.05, 0) is 24.6 Å². The smallest absolute Gasteiger partial charge is 0.101 e. The van der Waals surface area contributed by atoms with E-state index in [2.05, 4.69) is 66.4 Å². The maximum atomic E-state index is 2.50. The summed E-state index contributed by atoms with van der Waals surface area (Å²) in [6.07, 6.45) is 0. The van der Waals surface area contributed by atoms with E-state index in [0.717, 1.165) is 6.54 Å². The molecule has 1 atom stereocenters. The Labute approximate surface area is 113 Å². The summed E-state index contributed by atoms with van der Waals surface area (Å²) >= 11 is 2.03. The average molecular weight is 255 g/mol. The van der Waals surface area contributed by atoms with Crippen molar-refractivity contribution in [1.29, 1.82) is 0 Å². The summed E-state index contributed by atoms with van der Waals surface area (Å²) in [6.45, 7) is 3.29. The molecule has 0 spiro atoms. The van der Waals surface area contributed by atoms with E-state index >= 15 is 0 Å². The number of nitrogens with zero attached hydrogens (tertiary/aromatic N) is 1. The van der Waals surface area contributed by atoms with E-state index in [4.69, 9.17) is 0 Å². The first-order valence-electron chi connectivity index (χ1n) is 6.34.